The summed E-state index contributed by atoms with van der Waals surface area (Å²) in [7, 11) is -4.25. The van der Waals surface area contributed by atoms with Crippen molar-refractivity contribution in [1.82, 2.24) is 9.80 Å². The molecule has 3 N–H and O–H groups in total. The second kappa shape index (κ2) is 20.6. The van der Waals surface area contributed by atoms with Crippen LogP contribution in [0.2, 0.25) is 0 Å². The van der Waals surface area contributed by atoms with Crippen LogP contribution in [-0.4, -0.2) is 101 Å². The summed E-state index contributed by atoms with van der Waals surface area (Å²) in [6, 6.07) is 42.9. The predicted molar refractivity (Wildman–Crippen MR) is 241 cm³/mol. The van der Waals surface area contributed by atoms with E-state index in [0.717, 1.165) is 75.1 Å². The van der Waals surface area contributed by atoms with Crippen LogP contribution in [0.5, 0.6) is 0 Å². The summed E-state index contributed by atoms with van der Waals surface area (Å²) in [5, 5.41) is 6.68. The number of nitroso groups, excluding NO2 is 1. The molecule has 2 aliphatic rings. The fraction of sp³-hybridized carbons (Fsp3) is 0.283. The molecular formula is C46H51N7O4S2. The molecule has 0 bridgehead atoms. The summed E-state index contributed by atoms with van der Waals surface area (Å²) in [6.45, 7) is 8.43. The van der Waals surface area contributed by atoms with Crippen molar-refractivity contribution >= 4 is 50.3 Å². The number of amidine groups is 1. The van der Waals surface area contributed by atoms with E-state index in [9.17, 15) is 13.3 Å². The fourth-order valence-corrected chi connectivity index (χ4v) is 9.25. The summed E-state index contributed by atoms with van der Waals surface area (Å²) < 4.78 is 36.4. The lowest BCUT2D eigenvalue weighted by Gasteiger charge is -2.35. The number of nitrogens with one attached hydrogen (secondary N) is 1. The highest BCUT2D eigenvalue weighted by Gasteiger charge is 2.21. The number of nitrogens with two attached hydrogens (primary N) is 1. The van der Waals surface area contributed by atoms with Gasteiger partial charge < -0.3 is 20.7 Å². The molecule has 0 aliphatic carbocycles. The van der Waals surface area contributed by atoms with Crippen molar-refractivity contribution in [3.8, 4) is 0 Å². The predicted octanol–water partition coefficient (Wildman–Crippen LogP) is 7.73. The molecule has 5 aromatic rings. The average Bonchev–Trinajstić information content (AvgIpc) is 3.29. The molecule has 59 heavy (non-hydrogen) atoms. The Morgan fingerprint density at radius 3 is 2.02 bits per heavy atom. The van der Waals surface area contributed by atoms with Crippen molar-refractivity contribution in [2.24, 2.45) is 15.3 Å². The summed E-state index contributed by atoms with van der Waals surface area (Å²) in [4.78, 5) is 20.2. The minimum Gasteiger partial charge on any atom is -0.383 e. The SMILES string of the molecule is NC(=NS(=O)(=O)c1ccc(N[C@H](CCN2CCOCC2)CSc2ccccc2)c(N=O)c1)c1ccc(N2CCN(CC=C(c3ccccc3)c3ccccc3)CC2)cc1. The van der Waals surface area contributed by atoms with Crippen LogP contribution >= 0.6 is 11.8 Å². The largest absolute Gasteiger partial charge is 0.383 e. The summed E-state index contributed by atoms with van der Waals surface area (Å²) in [5.41, 5.74) is 11.9. The Bertz CT molecular complexity index is 2240. The highest BCUT2D eigenvalue weighted by Crippen LogP contribution is 2.31. The number of nitrogens with zero attached hydrogens (tertiary/aromatic N) is 5. The molecule has 0 saturated carbocycles. The van der Waals surface area contributed by atoms with E-state index in [-0.39, 0.29) is 22.5 Å². The molecular weight excluding hydrogens is 779 g/mol. The monoisotopic (exact) mass is 829 g/mol. The number of rotatable bonds is 17. The molecule has 2 saturated heterocycles. The van der Waals surface area contributed by atoms with Crippen LogP contribution in [0.25, 0.3) is 5.57 Å². The lowest BCUT2D eigenvalue weighted by molar-refractivity contribution is 0.0370. The van der Waals surface area contributed by atoms with Gasteiger partial charge in [-0.15, -0.1) is 21.1 Å². The minimum absolute atomic E-state index is 0.00534. The minimum atomic E-state index is -4.25. The third kappa shape index (κ3) is 11.7. The smallest absolute Gasteiger partial charge is 0.284 e. The van der Waals surface area contributed by atoms with Gasteiger partial charge in [-0.05, 0) is 82.9 Å². The Morgan fingerprint density at radius 2 is 1.39 bits per heavy atom. The first-order valence-electron chi connectivity index (χ1n) is 20.1. The highest BCUT2D eigenvalue weighted by molar-refractivity contribution is 7.99. The molecule has 2 aliphatic heterocycles. The van der Waals surface area contributed by atoms with E-state index >= 15 is 0 Å². The van der Waals surface area contributed by atoms with E-state index in [1.807, 2.05) is 42.5 Å². The molecule has 1 atom stereocenters. The molecule has 7 rings (SSSR count). The highest BCUT2D eigenvalue weighted by atomic mass is 32.2. The number of piperazine rings is 1. The van der Waals surface area contributed by atoms with Crippen LogP contribution in [-0.2, 0) is 14.8 Å². The first-order valence-corrected chi connectivity index (χ1v) is 22.5. The molecule has 0 unspecified atom stereocenters. The second-order valence-electron chi connectivity index (χ2n) is 14.6. The van der Waals surface area contributed by atoms with Gasteiger partial charge in [0.1, 0.15) is 11.5 Å². The van der Waals surface area contributed by atoms with Crippen molar-refractivity contribution in [2.45, 2.75) is 22.3 Å². The Kier molecular flexibility index (Phi) is 14.6. The maximum absolute atomic E-state index is 13.5. The molecule has 306 valence electrons. The van der Waals surface area contributed by atoms with Crippen molar-refractivity contribution in [1.29, 1.82) is 0 Å². The van der Waals surface area contributed by atoms with Crippen LogP contribution < -0.4 is 16.0 Å². The maximum Gasteiger partial charge on any atom is 0.284 e. The number of benzene rings is 5. The molecule has 0 amide bonds. The summed E-state index contributed by atoms with van der Waals surface area (Å²) in [5.74, 6) is 0.607. The lowest BCUT2D eigenvalue weighted by Crippen LogP contribution is -2.46. The molecule has 2 fully saturated rings. The quantitative estimate of drug-likeness (QED) is 0.0416. The van der Waals surface area contributed by atoms with E-state index in [1.54, 1.807) is 30.0 Å². The topological polar surface area (TPSA) is 133 Å². The zero-order chi connectivity index (χ0) is 40.9. The first kappa shape index (κ1) is 41.8. The standard InChI is InChI=1S/C46H51N7O4S2/c47-46(38-16-18-40(19-17-38)53-28-26-51(27-29-53)25-23-43(36-10-4-1-5-11-36)37-12-6-2-7-13-37)50-59(55,56)42-20-21-44(45(34-42)49-54)48-39(22-24-52-30-32-57-33-31-52)35-58-41-14-8-3-9-15-41/h1-21,23,34,39,48H,22,24-33,35H2,(H2,47,50)/t39-/m1/s1. The third-order valence-corrected chi connectivity index (χ3v) is 13.1. The number of sulfonamides is 1. The van der Waals surface area contributed by atoms with Gasteiger partial charge in [0.05, 0.1) is 23.8 Å². The van der Waals surface area contributed by atoms with Gasteiger partial charge >= 0.3 is 0 Å². The van der Waals surface area contributed by atoms with Crippen LogP contribution in [0.15, 0.2) is 159 Å². The molecule has 0 spiro atoms. The van der Waals surface area contributed by atoms with Crippen LogP contribution in [0.3, 0.4) is 0 Å². The number of hydrogen-bond donors (Lipinski definition) is 2. The van der Waals surface area contributed by atoms with E-state index in [4.69, 9.17) is 10.5 Å². The first-order chi connectivity index (χ1) is 28.8. The van der Waals surface area contributed by atoms with Crippen molar-refractivity contribution in [3.63, 3.8) is 0 Å². The molecule has 11 nitrogen and oxygen atoms in total. The summed E-state index contributed by atoms with van der Waals surface area (Å²) in [6.07, 6.45) is 3.14. The van der Waals surface area contributed by atoms with Gasteiger partial charge in [-0.3, -0.25) is 9.80 Å². The van der Waals surface area contributed by atoms with Gasteiger partial charge in [0.25, 0.3) is 10.0 Å². The number of thioether (sulfide) groups is 1. The molecule has 13 heteroatoms. The second-order valence-corrected chi connectivity index (χ2v) is 17.3. The Labute approximate surface area is 352 Å². The number of ether oxygens (including phenoxy) is 1. The van der Waals surface area contributed by atoms with Gasteiger partial charge in [-0.2, -0.15) is 8.42 Å². The Balaban J connectivity index is 0.967. The van der Waals surface area contributed by atoms with Crippen molar-refractivity contribution in [3.05, 3.63) is 161 Å². The zero-order valence-electron chi connectivity index (χ0n) is 33.1. The normalized spacial score (nSPS) is 16.0. The number of anilines is 2. The van der Waals surface area contributed by atoms with Crippen LogP contribution in [0.1, 0.15) is 23.1 Å². The number of hydrogen-bond acceptors (Lipinski definition) is 10. The third-order valence-electron chi connectivity index (χ3n) is 10.7. The molecule has 0 aromatic heterocycles. The van der Waals surface area contributed by atoms with Gasteiger partial charge in [0, 0.05) is 80.3 Å². The maximum atomic E-state index is 13.5. The van der Waals surface area contributed by atoms with Gasteiger partial charge in [-0.25, -0.2) is 0 Å². The molecule has 2 heterocycles. The van der Waals surface area contributed by atoms with Gasteiger partial charge in [-0.1, -0.05) is 84.9 Å². The molecule has 5 aromatic carbocycles. The van der Waals surface area contributed by atoms with Crippen molar-refractivity contribution < 1.29 is 13.2 Å². The van der Waals surface area contributed by atoms with Crippen LogP contribution in [0.4, 0.5) is 17.1 Å². The lowest BCUT2D eigenvalue weighted by atomic mass is 9.97. The van der Waals surface area contributed by atoms with Gasteiger partial charge in [0.2, 0.25) is 0 Å². The number of morpholine rings is 1. The molecule has 0 radical (unpaired) electrons. The van der Waals surface area contributed by atoms with Crippen LogP contribution in [0, 0.1) is 4.91 Å². The van der Waals surface area contributed by atoms with E-state index in [0.29, 0.717) is 24.5 Å². The Morgan fingerprint density at radius 1 is 0.763 bits per heavy atom. The van der Waals surface area contributed by atoms with E-state index in [1.165, 1.54) is 28.8 Å². The fourth-order valence-electron chi connectivity index (χ4n) is 7.29. The Hall–Kier alpha value is -5.31. The van der Waals surface area contributed by atoms with E-state index in [2.05, 4.69) is 96.3 Å². The van der Waals surface area contributed by atoms with Gasteiger partial charge in [0.15, 0.2) is 0 Å². The van der Waals surface area contributed by atoms with Crippen molar-refractivity contribution in [2.75, 3.05) is 81.5 Å². The van der Waals surface area contributed by atoms with E-state index < -0.39 is 10.0 Å². The summed E-state index contributed by atoms with van der Waals surface area (Å²) >= 11 is 1.72. The average molecular weight is 830 g/mol. The zero-order valence-corrected chi connectivity index (χ0v) is 34.7.